The number of rotatable bonds is 4. The molecule has 0 spiro atoms. The van der Waals surface area contributed by atoms with E-state index in [1.165, 1.54) is 34.6 Å². The van der Waals surface area contributed by atoms with E-state index in [0.29, 0.717) is 22.0 Å². The SMILES string of the molecule is COc1cc(-n2cnnn2)c(Cl)cc1C(=O)Nc1ccc2c3c(cccc13)CC2. The van der Waals surface area contributed by atoms with Crippen LogP contribution in [-0.4, -0.2) is 33.2 Å². The molecule has 3 aromatic carbocycles. The van der Waals surface area contributed by atoms with Crippen molar-refractivity contribution in [2.24, 2.45) is 0 Å². The number of aromatic nitrogens is 4. The lowest BCUT2D eigenvalue weighted by molar-refractivity contribution is 0.102. The van der Waals surface area contributed by atoms with Crippen LogP contribution in [0.5, 0.6) is 5.75 Å². The Hall–Kier alpha value is -3.45. The fourth-order valence-electron chi connectivity index (χ4n) is 3.88. The molecule has 0 radical (unpaired) electrons. The van der Waals surface area contributed by atoms with Gasteiger partial charge in [0.2, 0.25) is 0 Å². The maximum atomic E-state index is 13.1. The summed E-state index contributed by atoms with van der Waals surface area (Å²) in [6.45, 7) is 0. The predicted molar refractivity (Wildman–Crippen MR) is 110 cm³/mol. The van der Waals surface area contributed by atoms with Crippen molar-refractivity contribution in [3.05, 3.63) is 70.5 Å². The Balaban J connectivity index is 1.54. The monoisotopic (exact) mass is 405 g/mol. The highest BCUT2D eigenvalue weighted by Crippen LogP contribution is 2.36. The largest absolute Gasteiger partial charge is 0.496 e. The first-order valence-corrected chi connectivity index (χ1v) is 9.49. The van der Waals surface area contributed by atoms with Gasteiger partial charge in [-0.15, -0.1) is 5.10 Å². The third-order valence-electron chi connectivity index (χ3n) is 5.23. The van der Waals surface area contributed by atoms with Crippen molar-refractivity contribution in [2.45, 2.75) is 12.8 Å². The van der Waals surface area contributed by atoms with Gasteiger partial charge in [0.1, 0.15) is 12.1 Å². The van der Waals surface area contributed by atoms with Crippen molar-refractivity contribution in [1.82, 2.24) is 20.2 Å². The molecule has 0 aliphatic heterocycles. The van der Waals surface area contributed by atoms with E-state index in [0.717, 1.165) is 23.9 Å². The summed E-state index contributed by atoms with van der Waals surface area (Å²) in [7, 11) is 1.50. The van der Waals surface area contributed by atoms with Crippen molar-refractivity contribution in [3.8, 4) is 11.4 Å². The number of carbonyl (C=O) groups excluding carboxylic acids is 1. The molecule has 1 aromatic heterocycles. The Bertz CT molecular complexity index is 1240. The molecule has 0 saturated heterocycles. The molecule has 1 amide bonds. The summed E-state index contributed by atoms with van der Waals surface area (Å²) in [6, 6.07) is 13.4. The van der Waals surface area contributed by atoms with E-state index in [9.17, 15) is 4.79 Å². The number of nitrogens with one attached hydrogen (secondary N) is 1. The van der Waals surface area contributed by atoms with Crippen LogP contribution in [0, 0.1) is 0 Å². The van der Waals surface area contributed by atoms with Gasteiger partial charge in [-0.2, -0.15) is 4.68 Å². The molecular formula is C21H16ClN5O2. The molecule has 0 fully saturated rings. The number of ether oxygens (including phenoxy) is 1. The summed E-state index contributed by atoms with van der Waals surface area (Å²) in [4.78, 5) is 13.1. The molecule has 5 rings (SSSR count). The van der Waals surface area contributed by atoms with E-state index in [4.69, 9.17) is 16.3 Å². The van der Waals surface area contributed by atoms with Crippen LogP contribution in [0.1, 0.15) is 21.5 Å². The van der Waals surface area contributed by atoms with Crippen LogP contribution in [0.3, 0.4) is 0 Å². The third kappa shape index (κ3) is 2.91. The Kier molecular flexibility index (Phi) is 4.17. The van der Waals surface area contributed by atoms with Crippen LogP contribution >= 0.6 is 11.6 Å². The van der Waals surface area contributed by atoms with Gasteiger partial charge < -0.3 is 10.1 Å². The second kappa shape index (κ2) is 6.86. The highest BCUT2D eigenvalue weighted by Gasteiger charge is 2.20. The quantitative estimate of drug-likeness (QED) is 0.558. The standard InChI is InChI=1S/C21H16ClN5O2/c1-29-19-10-18(27-11-23-25-26-27)16(22)9-15(19)21(28)24-17-8-7-13-6-5-12-3-2-4-14(17)20(12)13/h2-4,7-11H,5-6H2,1H3,(H,24,28). The Morgan fingerprint density at radius 2 is 2.00 bits per heavy atom. The van der Waals surface area contributed by atoms with E-state index in [1.54, 1.807) is 12.1 Å². The number of aryl methyl sites for hydroxylation is 2. The number of benzene rings is 3. The minimum Gasteiger partial charge on any atom is -0.496 e. The average molecular weight is 406 g/mol. The van der Waals surface area contributed by atoms with E-state index in [2.05, 4.69) is 33.0 Å². The summed E-state index contributed by atoms with van der Waals surface area (Å²) in [5.74, 6) is 0.0778. The zero-order valence-electron chi connectivity index (χ0n) is 15.5. The summed E-state index contributed by atoms with van der Waals surface area (Å²) >= 11 is 6.39. The molecule has 29 heavy (non-hydrogen) atoms. The molecule has 0 atom stereocenters. The van der Waals surface area contributed by atoms with E-state index in [-0.39, 0.29) is 5.91 Å². The van der Waals surface area contributed by atoms with Crippen LogP contribution < -0.4 is 10.1 Å². The van der Waals surface area contributed by atoms with Crippen molar-refractivity contribution in [2.75, 3.05) is 12.4 Å². The fourth-order valence-corrected chi connectivity index (χ4v) is 4.13. The molecule has 144 valence electrons. The minimum atomic E-state index is -0.300. The molecule has 1 heterocycles. The van der Waals surface area contributed by atoms with Crippen LogP contribution in [0.4, 0.5) is 5.69 Å². The van der Waals surface area contributed by atoms with E-state index < -0.39 is 0 Å². The maximum Gasteiger partial charge on any atom is 0.259 e. The Morgan fingerprint density at radius 1 is 1.17 bits per heavy atom. The number of anilines is 1. The number of carbonyl (C=O) groups is 1. The topological polar surface area (TPSA) is 81.9 Å². The molecule has 8 heteroatoms. The highest BCUT2D eigenvalue weighted by molar-refractivity contribution is 6.33. The van der Waals surface area contributed by atoms with Crippen LogP contribution in [0.25, 0.3) is 16.5 Å². The lowest BCUT2D eigenvalue weighted by Gasteiger charge is -2.14. The van der Waals surface area contributed by atoms with Crippen LogP contribution in [0.15, 0.2) is 48.8 Å². The Morgan fingerprint density at radius 3 is 2.76 bits per heavy atom. The minimum absolute atomic E-state index is 0.300. The summed E-state index contributed by atoms with van der Waals surface area (Å²) in [5, 5.41) is 16.7. The fraction of sp³-hybridized carbons (Fsp3) is 0.143. The average Bonchev–Trinajstić information content (AvgIpc) is 3.41. The number of nitrogens with zero attached hydrogens (tertiary/aromatic N) is 4. The van der Waals surface area contributed by atoms with Crippen molar-refractivity contribution < 1.29 is 9.53 Å². The summed E-state index contributed by atoms with van der Waals surface area (Å²) in [6.07, 6.45) is 3.49. The second-order valence-electron chi connectivity index (χ2n) is 6.82. The van der Waals surface area contributed by atoms with Gasteiger partial charge >= 0.3 is 0 Å². The van der Waals surface area contributed by atoms with Crippen molar-refractivity contribution in [1.29, 1.82) is 0 Å². The molecular weight excluding hydrogens is 390 g/mol. The Labute approximate surface area is 171 Å². The number of tetrazole rings is 1. The number of methoxy groups -OCH3 is 1. The molecule has 1 aliphatic carbocycles. The molecule has 7 nitrogen and oxygen atoms in total. The number of amides is 1. The van der Waals surface area contributed by atoms with Gasteiger partial charge in [-0.1, -0.05) is 35.9 Å². The van der Waals surface area contributed by atoms with E-state index >= 15 is 0 Å². The van der Waals surface area contributed by atoms with Gasteiger partial charge in [-0.05, 0) is 51.9 Å². The molecule has 1 aliphatic rings. The highest BCUT2D eigenvalue weighted by atomic mass is 35.5. The molecule has 0 bridgehead atoms. The van der Waals surface area contributed by atoms with Gasteiger partial charge in [0.25, 0.3) is 5.91 Å². The number of hydrogen-bond acceptors (Lipinski definition) is 5. The van der Waals surface area contributed by atoms with Gasteiger partial charge in [0.05, 0.1) is 23.4 Å². The summed E-state index contributed by atoms with van der Waals surface area (Å²) in [5.41, 5.74) is 4.26. The van der Waals surface area contributed by atoms with Gasteiger partial charge in [0, 0.05) is 17.1 Å². The van der Waals surface area contributed by atoms with Crippen molar-refractivity contribution in [3.63, 3.8) is 0 Å². The van der Waals surface area contributed by atoms with Crippen LogP contribution in [0.2, 0.25) is 5.02 Å². The first kappa shape index (κ1) is 17.6. The first-order chi connectivity index (χ1) is 14.2. The number of hydrogen-bond donors (Lipinski definition) is 1. The molecule has 4 aromatic rings. The first-order valence-electron chi connectivity index (χ1n) is 9.11. The van der Waals surface area contributed by atoms with Gasteiger partial charge in [0.15, 0.2) is 0 Å². The molecule has 0 unspecified atom stereocenters. The third-order valence-corrected chi connectivity index (χ3v) is 5.54. The van der Waals surface area contributed by atoms with Crippen molar-refractivity contribution >= 4 is 34.0 Å². The zero-order valence-corrected chi connectivity index (χ0v) is 16.3. The van der Waals surface area contributed by atoms with Gasteiger partial charge in [-0.3, -0.25) is 4.79 Å². The van der Waals surface area contributed by atoms with Gasteiger partial charge in [-0.25, -0.2) is 0 Å². The normalized spacial score (nSPS) is 12.3. The van der Waals surface area contributed by atoms with Crippen LogP contribution in [-0.2, 0) is 12.8 Å². The lowest BCUT2D eigenvalue weighted by Crippen LogP contribution is -2.14. The molecule has 1 N–H and O–H groups in total. The lowest BCUT2D eigenvalue weighted by atomic mass is 10.0. The smallest absolute Gasteiger partial charge is 0.259 e. The maximum absolute atomic E-state index is 13.1. The zero-order chi connectivity index (χ0) is 20.0. The van der Waals surface area contributed by atoms with E-state index in [1.807, 2.05) is 18.2 Å². The second-order valence-corrected chi connectivity index (χ2v) is 7.23. The molecule has 0 saturated carbocycles. The summed E-state index contributed by atoms with van der Waals surface area (Å²) < 4.78 is 6.84. The predicted octanol–water partition coefficient (Wildman–Crippen LogP) is 3.83. The number of halogens is 1.